The van der Waals surface area contributed by atoms with Gasteiger partial charge in [0.2, 0.25) is 5.91 Å². The Hall–Kier alpha value is -0.260. The molecule has 15 heavy (non-hydrogen) atoms. The van der Waals surface area contributed by atoms with Crippen molar-refractivity contribution in [2.75, 3.05) is 31.8 Å². The largest absolute Gasteiger partial charge is 0.385 e. The van der Waals surface area contributed by atoms with Crippen molar-refractivity contribution < 1.29 is 9.53 Å². The van der Waals surface area contributed by atoms with Crippen molar-refractivity contribution >= 4 is 17.7 Å². The van der Waals surface area contributed by atoms with Gasteiger partial charge < -0.3 is 15.8 Å². The minimum absolute atomic E-state index is 0.0979. The number of ether oxygens (including phenoxy) is 1. The topological polar surface area (TPSA) is 64.3 Å². The number of carbonyl (C=O) groups is 1. The second kappa shape index (κ2) is 10.3. The smallest absolute Gasteiger partial charge is 0.229 e. The monoisotopic (exact) mass is 234 g/mol. The van der Waals surface area contributed by atoms with Crippen LogP contribution in [0.5, 0.6) is 0 Å². The number of nitrogens with one attached hydrogen (secondary N) is 1. The minimum atomic E-state index is 0.0979. The number of amides is 1. The predicted molar refractivity (Wildman–Crippen MR) is 65.1 cm³/mol. The standard InChI is InChI=1S/C10H22N2O2S/c1-9(11)4-7-15-8-10(13)12-5-3-6-14-2/h9H,3-8,11H2,1-2H3,(H,12,13). The molecular weight excluding hydrogens is 212 g/mol. The zero-order valence-corrected chi connectivity index (χ0v) is 10.4. The normalized spacial score (nSPS) is 12.5. The minimum Gasteiger partial charge on any atom is -0.385 e. The van der Waals surface area contributed by atoms with Crippen LogP contribution in [0.25, 0.3) is 0 Å². The molecule has 0 bridgehead atoms. The molecule has 0 aromatic carbocycles. The van der Waals surface area contributed by atoms with Gasteiger partial charge in [0, 0.05) is 26.3 Å². The average Bonchev–Trinajstić information content (AvgIpc) is 2.19. The molecule has 1 atom stereocenters. The van der Waals surface area contributed by atoms with Crippen LogP contribution >= 0.6 is 11.8 Å². The molecule has 0 rings (SSSR count). The van der Waals surface area contributed by atoms with Crippen LogP contribution in [0.1, 0.15) is 19.8 Å². The molecule has 0 aliphatic heterocycles. The van der Waals surface area contributed by atoms with Crippen LogP contribution < -0.4 is 11.1 Å². The van der Waals surface area contributed by atoms with E-state index in [4.69, 9.17) is 10.5 Å². The first kappa shape index (κ1) is 14.7. The molecule has 0 aromatic heterocycles. The van der Waals surface area contributed by atoms with Gasteiger partial charge >= 0.3 is 0 Å². The fourth-order valence-corrected chi connectivity index (χ4v) is 1.90. The molecule has 0 radical (unpaired) electrons. The third-order valence-corrected chi connectivity index (χ3v) is 2.79. The SMILES string of the molecule is COCCCNC(=O)CSCCC(C)N. The summed E-state index contributed by atoms with van der Waals surface area (Å²) in [7, 11) is 1.66. The molecule has 90 valence electrons. The van der Waals surface area contributed by atoms with E-state index in [9.17, 15) is 4.79 Å². The Morgan fingerprint density at radius 3 is 2.93 bits per heavy atom. The van der Waals surface area contributed by atoms with Gasteiger partial charge in [0.25, 0.3) is 0 Å². The van der Waals surface area contributed by atoms with Gasteiger partial charge in [-0.05, 0) is 25.5 Å². The molecule has 0 aromatic rings. The van der Waals surface area contributed by atoms with E-state index in [0.717, 1.165) is 18.6 Å². The second-order valence-corrected chi connectivity index (χ2v) is 4.62. The number of hydrogen-bond acceptors (Lipinski definition) is 4. The van der Waals surface area contributed by atoms with E-state index in [0.29, 0.717) is 18.9 Å². The first-order chi connectivity index (χ1) is 7.16. The zero-order chi connectivity index (χ0) is 11.5. The maximum atomic E-state index is 11.2. The number of methoxy groups -OCH3 is 1. The summed E-state index contributed by atoms with van der Waals surface area (Å²) < 4.78 is 4.88. The molecular formula is C10H22N2O2S. The number of thioether (sulfide) groups is 1. The fraction of sp³-hybridized carbons (Fsp3) is 0.900. The third kappa shape index (κ3) is 11.7. The van der Waals surface area contributed by atoms with E-state index in [2.05, 4.69) is 5.32 Å². The van der Waals surface area contributed by atoms with Crippen LogP contribution in [0.3, 0.4) is 0 Å². The van der Waals surface area contributed by atoms with Crippen molar-refractivity contribution in [3.8, 4) is 0 Å². The molecule has 0 spiro atoms. The van der Waals surface area contributed by atoms with Crippen molar-refractivity contribution in [3.05, 3.63) is 0 Å². The molecule has 1 unspecified atom stereocenters. The summed E-state index contributed by atoms with van der Waals surface area (Å²) in [6.45, 7) is 3.37. The van der Waals surface area contributed by atoms with Crippen molar-refractivity contribution in [2.24, 2.45) is 5.73 Å². The molecule has 0 heterocycles. The lowest BCUT2D eigenvalue weighted by atomic mass is 10.3. The highest BCUT2D eigenvalue weighted by Crippen LogP contribution is 2.03. The Morgan fingerprint density at radius 1 is 1.60 bits per heavy atom. The van der Waals surface area contributed by atoms with Crippen LogP contribution in [0.15, 0.2) is 0 Å². The molecule has 3 N–H and O–H groups in total. The second-order valence-electron chi connectivity index (χ2n) is 3.51. The number of rotatable bonds is 9. The van der Waals surface area contributed by atoms with Crippen LogP contribution in [0, 0.1) is 0 Å². The van der Waals surface area contributed by atoms with E-state index in [1.54, 1.807) is 18.9 Å². The Labute approximate surface area is 96.3 Å². The summed E-state index contributed by atoms with van der Waals surface area (Å²) in [5.74, 6) is 1.57. The highest BCUT2D eigenvalue weighted by molar-refractivity contribution is 7.99. The maximum absolute atomic E-state index is 11.2. The van der Waals surface area contributed by atoms with Gasteiger partial charge in [-0.15, -0.1) is 0 Å². The third-order valence-electron chi connectivity index (χ3n) is 1.80. The van der Waals surface area contributed by atoms with Gasteiger partial charge in [-0.2, -0.15) is 11.8 Å². The molecule has 0 fully saturated rings. The van der Waals surface area contributed by atoms with Crippen LogP contribution in [0.4, 0.5) is 0 Å². The number of nitrogens with two attached hydrogens (primary N) is 1. The molecule has 0 saturated carbocycles. The van der Waals surface area contributed by atoms with Gasteiger partial charge in [0.15, 0.2) is 0 Å². The van der Waals surface area contributed by atoms with Crippen molar-refractivity contribution in [2.45, 2.75) is 25.8 Å². The summed E-state index contributed by atoms with van der Waals surface area (Å²) in [6.07, 6.45) is 1.83. The van der Waals surface area contributed by atoms with Crippen LogP contribution in [-0.2, 0) is 9.53 Å². The zero-order valence-electron chi connectivity index (χ0n) is 9.62. The van der Waals surface area contributed by atoms with Crippen molar-refractivity contribution in [3.63, 3.8) is 0 Å². The first-order valence-corrected chi connectivity index (χ1v) is 6.41. The van der Waals surface area contributed by atoms with E-state index < -0.39 is 0 Å². The van der Waals surface area contributed by atoms with Gasteiger partial charge in [-0.3, -0.25) is 4.79 Å². The molecule has 1 amide bonds. The molecule has 0 saturated heterocycles. The van der Waals surface area contributed by atoms with Gasteiger partial charge in [0.05, 0.1) is 5.75 Å². The first-order valence-electron chi connectivity index (χ1n) is 5.25. The summed E-state index contributed by atoms with van der Waals surface area (Å²) >= 11 is 1.63. The van der Waals surface area contributed by atoms with Crippen molar-refractivity contribution in [1.82, 2.24) is 5.32 Å². The summed E-state index contributed by atoms with van der Waals surface area (Å²) in [4.78, 5) is 11.2. The Bertz CT molecular complexity index is 166. The summed E-state index contributed by atoms with van der Waals surface area (Å²) in [5.41, 5.74) is 5.60. The number of carbonyl (C=O) groups excluding carboxylic acids is 1. The van der Waals surface area contributed by atoms with E-state index in [-0.39, 0.29) is 11.9 Å². The van der Waals surface area contributed by atoms with Gasteiger partial charge in [-0.25, -0.2) is 0 Å². The van der Waals surface area contributed by atoms with Crippen molar-refractivity contribution in [1.29, 1.82) is 0 Å². The highest BCUT2D eigenvalue weighted by Gasteiger charge is 2.01. The Balaban J connectivity index is 3.19. The summed E-state index contributed by atoms with van der Waals surface area (Å²) in [6, 6.07) is 0.224. The lowest BCUT2D eigenvalue weighted by molar-refractivity contribution is -0.118. The van der Waals surface area contributed by atoms with Crippen LogP contribution in [0.2, 0.25) is 0 Å². The summed E-state index contributed by atoms with van der Waals surface area (Å²) in [5, 5.41) is 2.83. The molecule has 0 aliphatic rings. The van der Waals surface area contributed by atoms with Gasteiger partial charge in [-0.1, -0.05) is 0 Å². The van der Waals surface area contributed by atoms with Gasteiger partial charge in [0.1, 0.15) is 0 Å². The number of hydrogen-bond donors (Lipinski definition) is 2. The van der Waals surface area contributed by atoms with E-state index in [1.807, 2.05) is 6.92 Å². The van der Waals surface area contributed by atoms with Crippen LogP contribution in [-0.4, -0.2) is 43.7 Å². The van der Waals surface area contributed by atoms with E-state index >= 15 is 0 Å². The van der Waals surface area contributed by atoms with E-state index in [1.165, 1.54) is 0 Å². The highest BCUT2D eigenvalue weighted by atomic mass is 32.2. The molecule has 0 aliphatic carbocycles. The molecule has 5 heteroatoms. The lowest BCUT2D eigenvalue weighted by Gasteiger charge is -2.06. The molecule has 4 nitrogen and oxygen atoms in total. The predicted octanol–water partition coefficient (Wildman–Crippen LogP) is 0.610. The quantitative estimate of drug-likeness (QED) is 0.574. The Kier molecular flexibility index (Phi) is 10.1. The fourth-order valence-electron chi connectivity index (χ4n) is 0.929. The Morgan fingerprint density at radius 2 is 2.33 bits per heavy atom. The average molecular weight is 234 g/mol. The maximum Gasteiger partial charge on any atom is 0.229 e. The lowest BCUT2D eigenvalue weighted by Crippen LogP contribution is -2.27.